The highest BCUT2D eigenvalue weighted by Gasteiger charge is 2.28. The highest BCUT2D eigenvalue weighted by atomic mass is 32.2. The Morgan fingerprint density at radius 1 is 1.30 bits per heavy atom. The third kappa shape index (κ3) is 3.72. The molecule has 1 aromatic carbocycles. The predicted octanol–water partition coefficient (Wildman–Crippen LogP) is 1.78. The van der Waals surface area contributed by atoms with Crippen LogP contribution in [0.3, 0.4) is 0 Å². The van der Waals surface area contributed by atoms with Gasteiger partial charge in [0.05, 0.1) is 17.4 Å². The molecule has 1 aromatic rings. The molecule has 6 nitrogen and oxygen atoms in total. The first kappa shape index (κ1) is 17.5. The number of benzene rings is 1. The van der Waals surface area contributed by atoms with Gasteiger partial charge in [-0.2, -0.15) is 0 Å². The molecule has 0 amide bonds. The van der Waals surface area contributed by atoms with Crippen molar-refractivity contribution < 1.29 is 22.7 Å². The minimum absolute atomic E-state index is 0.0400. The number of ether oxygens (including phenoxy) is 1. The molecule has 1 aliphatic heterocycles. The van der Waals surface area contributed by atoms with Gasteiger partial charge in [-0.1, -0.05) is 13.8 Å². The number of sulfonamides is 1. The Labute approximate surface area is 136 Å². The Kier molecular flexibility index (Phi) is 5.09. The van der Waals surface area contributed by atoms with Crippen LogP contribution in [0, 0.1) is 5.92 Å². The topological polar surface area (TPSA) is 80.8 Å². The summed E-state index contributed by atoms with van der Waals surface area (Å²) in [5.41, 5.74) is 1.88. The van der Waals surface area contributed by atoms with E-state index in [1.807, 2.05) is 0 Å². The molecule has 0 atom stereocenters. The summed E-state index contributed by atoms with van der Waals surface area (Å²) < 4.78 is 30.4. The van der Waals surface area contributed by atoms with Gasteiger partial charge in [0.25, 0.3) is 0 Å². The van der Waals surface area contributed by atoms with Crippen LogP contribution < -0.4 is 4.31 Å². The lowest BCUT2D eigenvalue weighted by Gasteiger charge is -2.18. The standard InChI is InChI=1S/C16H21NO5S/c1-4-23(20,21)17-8-7-12-9-13(5-6-14(12)17)15(18)10-22-16(19)11(2)3/h5-6,9,11H,4,7-8,10H2,1-3H3. The van der Waals surface area contributed by atoms with Crippen molar-refractivity contribution in [1.29, 1.82) is 0 Å². The van der Waals surface area contributed by atoms with E-state index in [1.165, 1.54) is 4.31 Å². The van der Waals surface area contributed by atoms with Crippen molar-refractivity contribution in [2.24, 2.45) is 5.92 Å². The van der Waals surface area contributed by atoms with Crippen LogP contribution in [0.15, 0.2) is 18.2 Å². The fraction of sp³-hybridized carbons (Fsp3) is 0.500. The van der Waals surface area contributed by atoms with E-state index in [1.54, 1.807) is 39.0 Å². The second-order valence-corrected chi connectivity index (χ2v) is 7.93. The summed E-state index contributed by atoms with van der Waals surface area (Å²) in [6.45, 7) is 5.10. The molecule has 1 aliphatic rings. The molecule has 0 bridgehead atoms. The molecular weight excluding hydrogens is 318 g/mol. The van der Waals surface area contributed by atoms with E-state index in [9.17, 15) is 18.0 Å². The van der Waals surface area contributed by atoms with Crippen LogP contribution in [0.5, 0.6) is 0 Å². The lowest BCUT2D eigenvalue weighted by atomic mass is 10.1. The van der Waals surface area contributed by atoms with Crippen LogP contribution >= 0.6 is 0 Å². The van der Waals surface area contributed by atoms with Crippen LogP contribution in [0.4, 0.5) is 5.69 Å². The molecule has 0 aliphatic carbocycles. The van der Waals surface area contributed by atoms with Gasteiger partial charge in [-0.3, -0.25) is 13.9 Å². The molecule has 0 saturated heterocycles. The van der Waals surface area contributed by atoms with Gasteiger partial charge in [0.1, 0.15) is 0 Å². The van der Waals surface area contributed by atoms with Gasteiger partial charge in [-0.15, -0.1) is 0 Å². The predicted molar refractivity (Wildman–Crippen MR) is 87.1 cm³/mol. The van der Waals surface area contributed by atoms with Gasteiger partial charge < -0.3 is 4.74 Å². The number of hydrogen-bond acceptors (Lipinski definition) is 5. The summed E-state index contributed by atoms with van der Waals surface area (Å²) in [5.74, 6) is -0.952. The Morgan fingerprint density at radius 3 is 2.61 bits per heavy atom. The van der Waals surface area contributed by atoms with Crippen molar-refractivity contribution in [3.05, 3.63) is 29.3 Å². The van der Waals surface area contributed by atoms with Crippen LogP contribution in [-0.2, 0) is 26.0 Å². The molecule has 1 heterocycles. The molecule has 0 N–H and O–H groups in total. The zero-order valence-corrected chi connectivity index (χ0v) is 14.4. The molecule has 126 valence electrons. The maximum absolute atomic E-state index is 12.1. The van der Waals surface area contributed by atoms with E-state index >= 15 is 0 Å². The minimum atomic E-state index is -3.30. The number of hydrogen-bond donors (Lipinski definition) is 0. The average molecular weight is 339 g/mol. The number of carbonyl (C=O) groups is 2. The summed E-state index contributed by atoms with van der Waals surface area (Å²) in [6, 6.07) is 4.91. The Hall–Kier alpha value is -1.89. The summed E-state index contributed by atoms with van der Waals surface area (Å²) in [4.78, 5) is 23.5. The molecular formula is C16H21NO5S. The fourth-order valence-electron chi connectivity index (χ4n) is 2.38. The van der Waals surface area contributed by atoms with Crippen LogP contribution in [0.1, 0.15) is 36.7 Å². The summed E-state index contributed by atoms with van der Waals surface area (Å²) in [5, 5.41) is 0. The van der Waals surface area contributed by atoms with Crippen molar-refractivity contribution in [3.8, 4) is 0 Å². The largest absolute Gasteiger partial charge is 0.457 e. The molecule has 0 radical (unpaired) electrons. The number of carbonyl (C=O) groups excluding carboxylic acids is 2. The van der Waals surface area contributed by atoms with E-state index in [0.29, 0.717) is 24.2 Å². The van der Waals surface area contributed by atoms with Gasteiger partial charge in [-0.25, -0.2) is 8.42 Å². The number of esters is 1. The zero-order valence-electron chi connectivity index (χ0n) is 13.5. The highest BCUT2D eigenvalue weighted by molar-refractivity contribution is 7.92. The summed E-state index contributed by atoms with van der Waals surface area (Å²) >= 11 is 0. The van der Waals surface area contributed by atoms with Gasteiger partial charge >= 0.3 is 5.97 Å². The van der Waals surface area contributed by atoms with E-state index in [0.717, 1.165) is 5.56 Å². The monoisotopic (exact) mass is 339 g/mol. The second-order valence-electron chi connectivity index (χ2n) is 5.75. The number of anilines is 1. The summed E-state index contributed by atoms with van der Waals surface area (Å²) in [7, 11) is -3.30. The average Bonchev–Trinajstić information content (AvgIpc) is 2.95. The van der Waals surface area contributed by atoms with Crippen molar-refractivity contribution >= 4 is 27.5 Å². The number of nitrogens with zero attached hydrogens (tertiary/aromatic N) is 1. The van der Waals surface area contributed by atoms with Crippen LogP contribution in [-0.4, -0.2) is 39.1 Å². The van der Waals surface area contributed by atoms with Gasteiger partial charge in [0.15, 0.2) is 12.4 Å². The SMILES string of the molecule is CCS(=O)(=O)N1CCc2cc(C(=O)COC(=O)C(C)C)ccc21. The third-order valence-electron chi connectivity index (χ3n) is 3.77. The molecule has 23 heavy (non-hydrogen) atoms. The van der Waals surface area contributed by atoms with Gasteiger partial charge in [0, 0.05) is 12.1 Å². The molecule has 0 fully saturated rings. The number of ketones is 1. The minimum Gasteiger partial charge on any atom is -0.457 e. The normalized spacial score (nSPS) is 14.0. The van der Waals surface area contributed by atoms with Crippen molar-refractivity contribution in [2.75, 3.05) is 23.2 Å². The maximum Gasteiger partial charge on any atom is 0.308 e. The smallest absolute Gasteiger partial charge is 0.308 e. The zero-order chi connectivity index (χ0) is 17.2. The van der Waals surface area contributed by atoms with E-state index in [-0.39, 0.29) is 24.1 Å². The second kappa shape index (κ2) is 6.70. The number of fused-ring (bicyclic) bond motifs is 1. The molecule has 2 rings (SSSR count). The molecule has 0 spiro atoms. The van der Waals surface area contributed by atoms with E-state index in [4.69, 9.17) is 4.74 Å². The van der Waals surface area contributed by atoms with E-state index in [2.05, 4.69) is 0 Å². The van der Waals surface area contributed by atoms with Crippen LogP contribution in [0.25, 0.3) is 0 Å². The molecule has 7 heteroatoms. The first-order valence-electron chi connectivity index (χ1n) is 7.59. The summed E-state index contributed by atoms with van der Waals surface area (Å²) in [6.07, 6.45) is 0.571. The quantitative estimate of drug-likeness (QED) is 0.583. The van der Waals surface area contributed by atoms with Crippen LogP contribution in [0.2, 0.25) is 0 Å². The molecule has 0 aromatic heterocycles. The lowest BCUT2D eigenvalue weighted by molar-refractivity contribution is -0.146. The van der Waals surface area contributed by atoms with Gasteiger partial charge in [-0.05, 0) is 37.1 Å². The van der Waals surface area contributed by atoms with Crippen molar-refractivity contribution in [3.63, 3.8) is 0 Å². The van der Waals surface area contributed by atoms with Crippen molar-refractivity contribution in [2.45, 2.75) is 27.2 Å². The first-order valence-corrected chi connectivity index (χ1v) is 9.20. The fourth-order valence-corrected chi connectivity index (χ4v) is 3.54. The highest BCUT2D eigenvalue weighted by Crippen LogP contribution is 2.31. The Morgan fingerprint density at radius 2 is 2.00 bits per heavy atom. The Balaban J connectivity index is 2.14. The third-order valence-corrected chi connectivity index (χ3v) is 5.55. The van der Waals surface area contributed by atoms with Crippen molar-refractivity contribution in [1.82, 2.24) is 0 Å². The lowest BCUT2D eigenvalue weighted by Crippen LogP contribution is -2.30. The molecule has 0 saturated carbocycles. The number of Topliss-reactive ketones (excluding diaryl/α,β-unsaturated/α-hetero) is 1. The first-order chi connectivity index (χ1) is 10.8. The molecule has 0 unspecified atom stereocenters. The Bertz CT molecular complexity index is 724. The maximum atomic E-state index is 12.1. The van der Waals surface area contributed by atoms with Gasteiger partial charge in [0.2, 0.25) is 10.0 Å². The number of rotatable bonds is 6. The van der Waals surface area contributed by atoms with E-state index < -0.39 is 16.0 Å².